The molecule has 5 aromatic rings. The zero-order valence-electron chi connectivity index (χ0n) is 12.6. The molecule has 0 saturated heterocycles. The summed E-state index contributed by atoms with van der Waals surface area (Å²) in [5, 5.41) is 4.13. The maximum Gasteiger partial charge on any atom is 0.105 e. The van der Waals surface area contributed by atoms with Gasteiger partial charge in [0.15, 0.2) is 0 Å². The molecule has 2 heterocycles. The maximum atomic E-state index is 2.46. The lowest BCUT2D eigenvalue weighted by molar-refractivity contribution is 0.875. The first kappa shape index (κ1) is 12.9. The van der Waals surface area contributed by atoms with Crippen molar-refractivity contribution < 1.29 is 0 Å². The molecule has 2 heteroatoms. The largest absolute Gasteiger partial charge is 0.328 e. The second-order valence-electron chi connectivity index (χ2n) is 5.87. The Morgan fingerprint density at radius 2 is 1.39 bits per heavy atom. The quantitative estimate of drug-likeness (QED) is 0.373. The van der Waals surface area contributed by atoms with Crippen molar-refractivity contribution in [2.24, 2.45) is 0 Å². The molecule has 3 aromatic carbocycles. The average Bonchev–Trinajstić information content (AvgIpc) is 3.12. The van der Waals surface area contributed by atoms with Crippen LogP contribution in [0.15, 0.2) is 78.9 Å². The van der Waals surface area contributed by atoms with Gasteiger partial charge in [0.25, 0.3) is 0 Å². The molecule has 0 radical (unpaired) electrons. The SMILES string of the molecule is c1ccc(Cn2c3ccccc3c3c4ccccc4sc32)cc1. The molecule has 5 rings (SSSR count). The van der Waals surface area contributed by atoms with Crippen LogP contribution in [0.3, 0.4) is 0 Å². The Labute approximate surface area is 138 Å². The van der Waals surface area contributed by atoms with Crippen LogP contribution in [0.5, 0.6) is 0 Å². The molecule has 23 heavy (non-hydrogen) atoms. The van der Waals surface area contributed by atoms with Crippen LogP contribution in [0, 0.1) is 0 Å². The van der Waals surface area contributed by atoms with Crippen molar-refractivity contribution in [2.45, 2.75) is 6.54 Å². The molecule has 0 aliphatic carbocycles. The van der Waals surface area contributed by atoms with Gasteiger partial charge in [-0.05, 0) is 17.7 Å². The molecule has 0 aliphatic rings. The Bertz CT molecular complexity index is 1130. The van der Waals surface area contributed by atoms with Crippen molar-refractivity contribution in [3.05, 3.63) is 84.4 Å². The Morgan fingerprint density at radius 3 is 2.26 bits per heavy atom. The predicted octanol–water partition coefficient (Wildman–Crippen LogP) is 6.06. The van der Waals surface area contributed by atoms with Crippen LogP contribution in [0.2, 0.25) is 0 Å². The van der Waals surface area contributed by atoms with Gasteiger partial charge in [0.2, 0.25) is 0 Å². The molecular weight excluding hydrogens is 298 g/mol. The molecule has 1 nitrogen and oxygen atoms in total. The van der Waals surface area contributed by atoms with E-state index < -0.39 is 0 Å². The van der Waals surface area contributed by atoms with Crippen molar-refractivity contribution in [1.29, 1.82) is 0 Å². The van der Waals surface area contributed by atoms with E-state index >= 15 is 0 Å². The zero-order chi connectivity index (χ0) is 15.2. The van der Waals surface area contributed by atoms with Crippen molar-refractivity contribution >= 4 is 42.5 Å². The smallest absolute Gasteiger partial charge is 0.105 e. The Morgan fingerprint density at radius 1 is 0.696 bits per heavy atom. The fourth-order valence-electron chi connectivity index (χ4n) is 3.44. The monoisotopic (exact) mass is 313 g/mol. The summed E-state index contributed by atoms with van der Waals surface area (Å²) in [7, 11) is 0. The molecule has 110 valence electrons. The molecule has 0 saturated carbocycles. The molecule has 0 atom stereocenters. The number of nitrogens with zero attached hydrogens (tertiary/aromatic N) is 1. The first-order chi connectivity index (χ1) is 11.4. The number of hydrogen-bond donors (Lipinski definition) is 0. The topological polar surface area (TPSA) is 4.93 Å². The van der Waals surface area contributed by atoms with E-state index in [4.69, 9.17) is 0 Å². The van der Waals surface area contributed by atoms with Crippen LogP contribution in [0.1, 0.15) is 5.56 Å². The molecule has 0 unspecified atom stereocenters. The Kier molecular flexibility index (Phi) is 2.79. The summed E-state index contributed by atoms with van der Waals surface area (Å²) in [5.41, 5.74) is 2.66. The highest BCUT2D eigenvalue weighted by Crippen LogP contribution is 2.40. The predicted molar refractivity (Wildman–Crippen MR) is 100 cm³/mol. The number of para-hydroxylation sites is 1. The third-order valence-corrected chi connectivity index (χ3v) is 5.66. The molecule has 0 N–H and O–H groups in total. The van der Waals surface area contributed by atoms with E-state index in [9.17, 15) is 0 Å². The van der Waals surface area contributed by atoms with Gasteiger partial charge in [-0.2, -0.15) is 0 Å². The third kappa shape index (κ3) is 1.92. The summed E-state index contributed by atoms with van der Waals surface area (Å²) >= 11 is 1.90. The first-order valence-corrected chi connectivity index (χ1v) is 8.66. The maximum absolute atomic E-state index is 2.46. The van der Waals surface area contributed by atoms with Crippen LogP contribution in [-0.2, 0) is 6.54 Å². The molecule has 0 spiro atoms. The summed E-state index contributed by atoms with van der Waals surface area (Å²) in [6, 6.07) is 28.2. The van der Waals surface area contributed by atoms with E-state index in [1.54, 1.807) is 0 Å². The zero-order valence-corrected chi connectivity index (χ0v) is 13.4. The number of aromatic nitrogens is 1. The fourth-order valence-corrected chi connectivity index (χ4v) is 4.67. The van der Waals surface area contributed by atoms with Crippen molar-refractivity contribution in [2.75, 3.05) is 0 Å². The summed E-state index contributed by atoms with van der Waals surface area (Å²) < 4.78 is 3.83. The lowest BCUT2D eigenvalue weighted by atomic mass is 10.1. The lowest BCUT2D eigenvalue weighted by Crippen LogP contribution is -1.97. The second kappa shape index (κ2) is 4.97. The van der Waals surface area contributed by atoms with Crippen LogP contribution >= 0.6 is 11.3 Å². The van der Waals surface area contributed by atoms with Crippen LogP contribution in [0.4, 0.5) is 0 Å². The van der Waals surface area contributed by atoms with E-state index in [1.165, 1.54) is 36.8 Å². The number of hydrogen-bond acceptors (Lipinski definition) is 1. The molecule has 0 bridgehead atoms. The summed E-state index contributed by atoms with van der Waals surface area (Å²) in [4.78, 5) is 1.37. The van der Waals surface area contributed by atoms with E-state index in [2.05, 4.69) is 83.4 Å². The standard InChI is InChI=1S/C21H15NS/c1-2-8-15(9-3-1)14-22-18-12-6-4-10-16(18)20-17-11-5-7-13-19(17)23-21(20)22/h1-13H,14H2. The molecule has 2 aromatic heterocycles. The summed E-state index contributed by atoms with van der Waals surface area (Å²) in [5.74, 6) is 0. The van der Waals surface area contributed by atoms with Crippen molar-refractivity contribution in [3.63, 3.8) is 0 Å². The van der Waals surface area contributed by atoms with Gasteiger partial charge in [0.05, 0.1) is 5.52 Å². The molecule has 0 aliphatic heterocycles. The highest BCUT2D eigenvalue weighted by Gasteiger charge is 2.15. The van der Waals surface area contributed by atoms with Crippen LogP contribution in [-0.4, -0.2) is 4.57 Å². The van der Waals surface area contributed by atoms with Gasteiger partial charge >= 0.3 is 0 Å². The van der Waals surface area contributed by atoms with Gasteiger partial charge in [-0.15, -0.1) is 11.3 Å². The van der Waals surface area contributed by atoms with Crippen LogP contribution in [0.25, 0.3) is 31.2 Å². The summed E-state index contributed by atoms with van der Waals surface area (Å²) in [6.45, 7) is 0.914. The van der Waals surface area contributed by atoms with E-state index in [-0.39, 0.29) is 0 Å². The minimum Gasteiger partial charge on any atom is -0.328 e. The number of rotatable bonds is 2. The molecule has 0 fully saturated rings. The van der Waals surface area contributed by atoms with Crippen molar-refractivity contribution in [3.8, 4) is 0 Å². The minimum atomic E-state index is 0.914. The van der Waals surface area contributed by atoms with Crippen molar-refractivity contribution in [1.82, 2.24) is 4.57 Å². The van der Waals surface area contributed by atoms with Gasteiger partial charge < -0.3 is 4.57 Å². The van der Waals surface area contributed by atoms with Gasteiger partial charge in [0.1, 0.15) is 4.83 Å². The lowest BCUT2D eigenvalue weighted by Gasteiger charge is -2.06. The van der Waals surface area contributed by atoms with Gasteiger partial charge in [-0.3, -0.25) is 0 Å². The van der Waals surface area contributed by atoms with E-state index in [1.807, 2.05) is 11.3 Å². The Balaban J connectivity index is 1.88. The van der Waals surface area contributed by atoms with Gasteiger partial charge in [-0.25, -0.2) is 0 Å². The first-order valence-electron chi connectivity index (χ1n) is 7.84. The molecule has 0 amide bonds. The number of thiophene rings is 1. The van der Waals surface area contributed by atoms with Gasteiger partial charge in [-0.1, -0.05) is 66.7 Å². The number of benzene rings is 3. The highest BCUT2D eigenvalue weighted by atomic mass is 32.1. The highest BCUT2D eigenvalue weighted by molar-refractivity contribution is 7.25. The fraction of sp³-hybridized carbons (Fsp3) is 0.0476. The number of fused-ring (bicyclic) bond motifs is 5. The summed E-state index contributed by atoms with van der Waals surface area (Å²) in [6.07, 6.45) is 0. The normalized spacial score (nSPS) is 11.7. The van der Waals surface area contributed by atoms with E-state index in [0.717, 1.165) is 6.54 Å². The minimum absolute atomic E-state index is 0.914. The average molecular weight is 313 g/mol. The van der Waals surface area contributed by atoms with Crippen LogP contribution < -0.4 is 0 Å². The Hall–Kier alpha value is -2.58. The van der Waals surface area contributed by atoms with E-state index in [0.29, 0.717) is 0 Å². The third-order valence-electron chi connectivity index (χ3n) is 4.47. The van der Waals surface area contributed by atoms with Gasteiger partial charge in [0, 0.05) is 27.4 Å². The molecular formula is C21H15NS. The second-order valence-corrected chi connectivity index (χ2v) is 6.90.